The molecule has 1 saturated heterocycles. The number of aromatic amines is 2. The second-order valence-electron chi connectivity index (χ2n) is 9.70. The predicted octanol–water partition coefficient (Wildman–Crippen LogP) is 5.61. The van der Waals surface area contributed by atoms with E-state index in [4.69, 9.17) is 0 Å². The molecule has 11 heteroatoms. The van der Waals surface area contributed by atoms with Gasteiger partial charge >= 0.3 is 0 Å². The first kappa shape index (κ1) is 23.5. The number of hydrogen-bond acceptors (Lipinski definition) is 6. The van der Waals surface area contributed by atoms with Crippen molar-refractivity contribution in [2.24, 2.45) is 0 Å². The molecule has 0 bridgehead atoms. The van der Waals surface area contributed by atoms with Crippen LogP contribution in [0.1, 0.15) is 12.0 Å². The van der Waals surface area contributed by atoms with E-state index < -0.39 is 11.7 Å². The molecule has 6 heterocycles. The van der Waals surface area contributed by atoms with E-state index in [-0.39, 0.29) is 18.4 Å². The molecule has 8 nitrogen and oxygen atoms in total. The number of rotatable bonds is 5. The van der Waals surface area contributed by atoms with E-state index in [2.05, 4.69) is 35.1 Å². The first-order valence-electron chi connectivity index (χ1n) is 12.4. The monoisotopic (exact) mass is 526 g/mol. The molecule has 0 radical (unpaired) electrons. The number of hydrogen-bond donors (Lipinski definition) is 2. The maximum atomic E-state index is 16.1. The molecular formula is C28H21F3N8. The molecule has 6 aromatic rings. The Kier molecular flexibility index (Phi) is 5.41. The van der Waals surface area contributed by atoms with Crippen molar-refractivity contribution in [1.82, 2.24) is 40.0 Å². The van der Waals surface area contributed by atoms with Crippen molar-refractivity contribution >= 4 is 22.1 Å². The van der Waals surface area contributed by atoms with Gasteiger partial charge in [-0.25, -0.2) is 23.1 Å². The fourth-order valence-corrected chi connectivity index (χ4v) is 5.17. The van der Waals surface area contributed by atoms with Crippen molar-refractivity contribution in [2.45, 2.75) is 18.9 Å². The number of H-pyrrole nitrogens is 2. The Morgan fingerprint density at radius 1 is 0.974 bits per heavy atom. The molecule has 5 aromatic heterocycles. The Hall–Kier alpha value is -4.64. The van der Waals surface area contributed by atoms with Crippen LogP contribution < -0.4 is 0 Å². The predicted molar refractivity (Wildman–Crippen MR) is 140 cm³/mol. The lowest BCUT2D eigenvalue weighted by Gasteiger charge is -2.16. The molecule has 194 valence electrons. The van der Waals surface area contributed by atoms with E-state index in [1.807, 2.05) is 18.2 Å². The average Bonchev–Trinajstić information content (AvgIpc) is 3.65. The van der Waals surface area contributed by atoms with Crippen LogP contribution in [0.5, 0.6) is 0 Å². The normalized spacial score (nSPS) is 15.5. The van der Waals surface area contributed by atoms with Gasteiger partial charge in [-0.2, -0.15) is 5.10 Å². The summed E-state index contributed by atoms with van der Waals surface area (Å²) in [5.74, 6) is -2.79. The second kappa shape index (κ2) is 8.98. The van der Waals surface area contributed by atoms with Crippen molar-refractivity contribution < 1.29 is 13.2 Å². The highest BCUT2D eigenvalue weighted by Gasteiger charge is 2.38. The topological polar surface area (TPSA) is 99.3 Å². The van der Waals surface area contributed by atoms with Crippen LogP contribution in [0.2, 0.25) is 0 Å². The maximum absolute atomic E-state index is 16.1. The summed E-state index contributed by atoms with van der Waals surface area (Å²) < 4.78 is 43.4. The number of nitrogens with zero attached hydrogens (tertiary/aromatic N) is 6. The van der Waals surface area contributed by atoms with Crippen LogP contribution >= 0.6 is 0 Å². The molecule has 1 aliphatic heterocycles. The van der Waals surface area contributed by atoms with E-state index >= 15 is 4.39 Å². The van der Waals surface area contributed by atoms with E-state index in [1.165, 1.54) is 0 Å². The van der Waals surface area contributed by atoms with Crippen LogP contribution in [0.25, 0.3) is 55.8 Å². The molecule has 1 aliphatic rings. The Morgan fingerprint density at radius 3 is 2.69 bits per heavy atom. The van der Waals surface area contributed by atoms with E-state index in [1.54, 1.807) is 54.1 Å². The standard InChI is InChI=1S/C28H21F3N8/c29-23-19(18-10-16(11-33-13-18)14-39-9-6-28(30,31)15-39)3-4-21-22(23)25(38-37-21)27-35-24-20(5-8-34-26(24)36-27)17-2-1-7-32-12-17/h1-5,7-8,10-13H,6,9,14-15H2,(H,37,38)(H,34,35,36). The lowest BCUT2D eigenvalue weighted by molar-refractivity contribution is 0.0115. The zero-order chi connectivity index (χ0) is 26.6. The van der Waals surface area contributed by atoms with Crippen molar-refractivity contribution in [3.8, 4) is 33.8 Å². The Balaban J connectivity index is 1.28. The van der Waals surface area contributed by atoms with Gasteiger partial charge < -0.3 is 4.98 Å². The van der Waals surface area contributed by atoms with Crippen molar-refractivity contribution in [3.05, 3.63) is 78.8 Å². The largest absolute Gasteiger partial charge is 0.335 e. The van der Waals surface area contributed by atoms with Gasteiger partial charge in [0.25, 0.3) is 5.92 Å². The fourth-order valence-electron chi connectivity index (χ4n) is 5.17. The van der Waals surface area contributed by atoms with Crippen LogP contribution in [0.4, 0.5) is 13.2 Å². The van der Waals surface area contributed by atoms with Gasteiger partial charge in [0, 0.05) is 72.7 Å². The average molecular weight is 527 g/mol. The highest BCUT2D eigenvalue weighted by molar-refractivity contribution is 5.97. The molecule has 7 rings (SSSR count). The number of fused-ring (bicyclic) bond motifs is 2. The fraction of sp³-hybridized carbons (Fsp3) is 0.179. The molecule has 0 aliphatic carbocycles. The van der Waals surface area contributed by atoms with E-state index in [0.29, 0.717) is 52.4 Å². The van der Waals surface area contributed by atoms with Gasteiger partial charge in [0.05, 0.1) is 23.0 Å². The molecule has 0 amide bonds. The number of alkyl halides is 2. The number of aromatic nitrogens is 7. The molecule has 39 heavy (non-hydrogen) atoms. The van der Waals surface area contributed by atoms with Crippen LogP contribution in [0.15, 0.2) is 67.4 Å². The molecule has 0 unspecified atom stereocenters. The lowest BCUT2D eigenvalue weighted by Crippen LogP contribution is -2.24. The number of nitrogens with one attached hydrogen (secondary N) is 2. The van der Waals surface area contributed by atoms with Crippen molar-refractivity contribution in [1.29, 1.82) is 0 Å². The smallest absolute Gasteiger partial charge is 0.261 e. The van der Waals surface area contributed by atoms with Crippen molar-refractivity contribution in [3.63, 3.8) is 0 Å². The molecule has 0 atom stereocenters. The lowest BCUT2D eigenvalue weighted by atomic mass is 10.0. The van der Waals surface area contributed by atoms with Gasteiger partial charge in [0.15, 0.2) is 11.5 Å². The Labute approximate surface area is 220 Å². The molecule has 1 fully saturated rings. The third-order valence-electron chi connectivity index (χ3n) is 7.02. The van der Waals surface area contributed by atoms with Gasteiger partial charge in [-0.1, -0.05) is 6.07 Å². The Morgan fingerprint density at radius 2 is 1.87 bits per heavy atom. The summed E-state index contributed by atoms with van der Waals surface area (Å²) in [4.78, 5) is 22.4. The summed E-state index contributed by atoms with van der Waals surface area (Å²) >= 11 is 0. The van der Waals surface area contributed by atoms with Gasteiger partial charge in [0.1, 0.15) is 11.5 Å². The number of halogens is 3. The maximum Gasteiger partial charge on any atom is 0.261 e. The summed E-state index contributed by atoms with van der Waals surface area (Å²) in [5.41, 5.74) is 5.38. The molecular weight excluding hydrogens is 505 g/mol. The summed E-state index contributed by atoms with van der Waals surface area (Å²) in [6.45, 7) is 0.345. The van der Waals surface area contributed by atoms with Crippen LogP contribution in [-0.2, 0) is 6.54 Å². The van der Waals surface area contributed by atoms with Gasteiger partial charge in [-0.15, -0.1) is 0 Å². The highest BCUT2D eigenvalue weighted by atomic mass is 19.3. The zero-order valence-electron chi connectivity index (χ0n) is 20.5. The molecule has 2 N–H and O–H groups in total. The van der Waals surface area contributed by atoms with Gasteiger partial charge in [-0.3, -0.25) is 20.0 Å². The first-order chi connectivity index (χ1) is 18.9. The summed E-state index contributed by atoms with van der Waals surface area (Å²) in [5, 5.41) is 7.53. The number of imidazole rings is 1. The van der Waals surface area contributed by atoms with Gasteiger partial charge in [-0.05, 0) is 35.9 Å². The summed E-state index contributed by atoms with van der Waals surface area (Å²) in [6.07, 6.45) is 8.16. The van der Waals surface area contributed by atoms with E-state index in [9.17, 15) is 8.78 Å². The quantitative estimate of drug-likeness (QED) is 0.303. The highest BCUT2D eigenvalue weighted by Crippen LogP contribution is 2.35. The van der Waals surface area contributed by atoms with Crippen LogP contribution in [0.3, 0.4) is 0 Å². The molecule has 0 saturated carbocycles. The van der Waals surface area contributed by atoms with Gasteiger partial charge in [0.2, 0.25) is 0 Å². The zero-order valence-corrected chi connectivity index (χ0v) is 20.5. The second-order valence-corrected chi connectivity index (χ2v) is 9.70. The summed E-state index contributed by atoms with van der Waals surface area (Å²) in [6, 6.07) is 10.9. The van der Waals surface area contributed by atoms with Crippen LogP contribution in [0, 0.1) is 5.82 Å². The minimum Gasteiger partial charge on any atom is -0.335 e. The van der Waals surface area contributed by atoms with Crippen LogP contribution in [-0.4, -0.2) is 59.0 Å². The molecule has 1 aromatic carbocycles. The third-order valence-corrected chi connectivity index (χ3v) is 7.02. The molecule has 0 spiro atoms. The SMILES string of the molecule is Fc1c(-c2cncc(CN3CCC(F)(F)C3)c2)ccc2[nH]nc(-c3nc4nccc(-c5cccnc5)c4[nH]3)c12. The van der Waals surface area contributed by atoms with Crippen molar-refractivity contribution in [2.75, 3.05) is 13.1 Å². The number of pyridine rings is 3. The summed E-state index contributed by atoms with van der Waals surface area (Å²) in [7, 11) is 0. The van der Waals surface area contributed by atoms with E-state index in [0.717, 1.165) is 16.7 Å². The number of likely N-dealkylation sites (tertiary alicyclic amines) is 1. The number of benzene rings is 1. The third kappa shape index (κ3) is 4.20. The minimum absolute atomic E-state index is 0.157. The minimum atomic E-state index is -2.68. The Bertz CT molecular complexity index is 1830. The first-order valence-corrected chi connectivity index (χ1v) is 12.4.